The van der Waals surface area contributed by atoms with Crippen LogP contribution in [0.15, 0.2) is 28.7 Å². The van der Waals surface area contributed by atoms with Crippen LogP contribution >= 0.6 is 50.5 Å². The summed E-state index contributed by atoms with van der Waals surface area (Å²) in [7, 11) is 0. The standard InChI is InChI=1S/C13H11BrCl2FNS/c1-2-18-12(10-6-8(14)13(16)19-10)7-4-3-5-9(15)11(7)17/h3-6,12,18H,2H2,1H3. The molecule has 2 rings (SSSR count). The molecule has 1 nitrogen and oxygen atoms in total. The van der Waals surface area contributed by atoms with Gasteiger partial charge in [-0.1, -0.05) is 42.3 Å². The van der Waals surface area contributed by atoms with E-state index in [4.69, 9.17) is 23.2 Å². The summed E-state index contributed by atoms with van der Waals surface area (Å²) in [5, 5.41) is 3.38. The quantitative estimate of drug-likeness (QED) is 0.719. The van der Waals surface area contributed by atoms with Gasteiger partial charge in [0.15, 0.2) is 0 Å². The van der Waals surface area contributed by atoms with Crippen LogP contribution in [0.4, 0.5) is 4.39 Å². The van der Waals surface area contributed by atoms with Gasteiger partial charge in [0.25, 0.3) is 0 Å². The lowest BCUT2D eigenvalue weighted by Gasteiger charge is -2.18. The average molecular weight is 383 g/mol. The molecule has 0 saturated heterocycles. The maximum Gasteiger partial charge on any atom is 0.146 e. The van der Waals surface area contributed by atoms with Crippen LogP contribution in [-0.4, -0.2) is 6.54 Å². The highest BCUT2D eigenvalue weighted by Crippen LogP contribution is 2.38. The fourth-order valence-corrected chi connectivity index (χ4v) is 3.83. The van der Waals surface area contributed by atoms with E-state index in [9.17, 15) is 4.39 Å². The number of rotatable bonds is 4. The largest absolute Gasteiger partial charge is 0.306 e. The summed E-state index contributed by atoms with van der Waals surface area (Å²) in [6, 6.07) is 6.67. The van der Waals surface area contributed by atoms with E-state index in [1.165, 1.54) is 11.3 Å². The Bertz CT molecular complexity index is 569. The lowest BCUT2D eigenvalue weighted by Crippen LogP contribution is -2.22. The van der Waals surface area contributed by atoms with E-state index in [0.717, 1.165) is 9.35 Å². The second kappa shape index (κ2) is 6.55. The van der Waals surface area contributed by atoms with Crippen molar-refractivity contribution in [2.24, 2.45) is 0 Å². The first-order valence-corrected chi connectivity index (χ1v) is 8.03. The molecule has 6 heteroatoms. The highest BCUT2D eigenvalue weighted by molar-refractivity contribution is 9.10. The smallest absolute Gasteiger partial charge is 0.146 e. The van der Waals surface area contributed by atoms with Crippen LogP contribution in [0, 0.1) is 5.82 Å². The van der Waals surface area contributed by atoms with E-state index >= 15 is 0 Å². The average Bonchev–Trinajstić information content (AvgIpc) is 2.70. The molecule has 0 saturated carbocycles. The molecule has 1 N–H and O–H groups in total. The molecular formula is C13H11BrCl2FNS. The second-order valence-electron chi connectivity index (χ2n) is 3.90. The van der Waals surface area contributed by atoms with Gasteiger partial charge in [-0.3, -0.25) is 0 Å². The van der Waals surface area contributed by atoms with Crippen molar-refractivity contribution in [1.29, 1.82) is 0 Å². The number of halogens is 4. The molecule has 0 bridgehead atoms. The maximum atomic E-state index is 14.2. The normalized spacial score (nSPS) is 12.7. The zero-order valence-corrected chi connectivity index (χ0v) is 13.9. The van der Waals surface area contributed by atoms with Crippen molar-refractivity contribution in [3.63, 3.8) is 0 Å². The summed E-state index contributed by atoms with van der Waals surface area (Å²) in [6.45, 7) is 2.68. The third-order valence-electron chi connectivity index (χ3n) is 2.65. The molecule has 0 amide bonds. The molecule has 0 aliphatic rings. The fourth-order valence-electron chi connectivity index (χ4n) is 1.82. The minimum Gasteiger partial charge on any atom is -0.306 e. The Balaban J connectivity index is 2.48. The minimum absolute atomic E-state index is 0.127. The van der Waals surface area contributed by atoms with E-state index < -0.39 is 5.82 Å². The molecule has 1 aromatic carbocycles. The molecule has 2 aromatic rings. The van der Waals surface area contributed by atoms with Gasteiger partial charge in [-0.2, -0.15) is 0 Å². The molecule has 1 atom stereocenters. The van der Waals surface area contributed by atoms with Crippen LogP contribution in [0.2, 0.25) is 9.36 Å². The Morgan fingerprint density at radius 3 is 2.74 bits per heavy atom. The van der Waals surface area contributed by atoms with Gasteiger partial charge in [0, 0.05) is 14.9 Å². The third kappa shape index (κ3) is 3.31. The van der Waals surface area contributed by atoms with Gasteiger partial charge in [0.2, 0.25) is 0 Å². The van der Waals surface area contributed by atoms with Crippen LogP contribution in [0.5, 0.6) is 0 Å². The molecule has 1 unspecified atom stereocenters. The summed E-state index contributed by atoms with van der Waals surface area (Å²) < 4.78 is 15.6. The van der Waals surface area contributed by atoms with Crippen molar-refractivity contribution in [1.82, 2.24) is 5.32 Å². The van der Waals surface area contributed by atoms with E-state index in [2.05, 4.69) is 21.2 Å². The Kier molecular flexibility index (Phi) is 5.26. The van der Waals surface area contributed by atoms with Crippen LogP contribution < -0.4 is 5.32 Å². The van der Waals surface area contributed by atoms with Gasteiger partial charge < -0.3 is 5.32 Å². The molecule has 0 spiro atoms. The zero-order valence-electron chi connectivity index (χ0n) is 10.0. The summed E-state index contributed by atoms with van der Waals surface area (Å²) in [6.07, 6.45) is 0. The van der Waals surface area contributed by atoms with Crippen molar-refractivity contribution >= 4 is 50.5 Å². The van der Waals surface area contributed by atoms with Crippen LogP contribution in [0.3, 0.4) is 0 Å². The molecule has 19 heavy (non-hydrogen) atoms. The molecule has 0 aliphatic heterocycles. The summed E-state index contributed by atoms with van der Waals surface area (Å²) in [4.78, 5) is 0.944. The van der Waals surface area contributed by atoms with Gasteiger partial charge in [-0.25, -0.2) is 4.39 Å². The zero-order chi connectivity index (χ0) is 14.0. The molecule has 1 aromatic heterocycles. The monoisotopic (exact) mass is 381 g/mol. The van der Waals surface area contributed by atoms with Crippen molar-refractivity contribution in [3.05, 3.63) is 54.4 Å². The van der Waals surface area contributed by atoms with Gasteiger partial charge in [0.1, 0.15) is 10.2 Å². The van der Waals surface area contributed by atoms with Crippen LogP contribution in [0.25, 0.3) is 0 Å². The lowest BCUT2D eigenvalue weighted by atomic mass is 10.0. The Hall–Kier alpha value is -0.130. The van der Waals surface area contributed by atoms with E-state index in [1.54, 1.807) is 18.2 Å². The second-order valence-corrected chi connectivity index (χ2v) is 6.85. The highest BCUT2D eigenvalue weighted by Gasteiger charge is 2.21. The number of nitrogens with one attached hydrogen (secondary N) is 1. The number of thiophene rings is 1. The first kappa shape index (κ1) is 15.3. The number of benzene rings is 1. The Morgan fingerprint density at radius 1 is 1.42 bits per heavy atom. The van der Waals surface area contributed by atoms with Gasteiger partial charge in [-0.15, -0.1) is 11.3 Å². The minimum atomic E-state index is -0.393. The van der Waals surface area contributed by atoms with E-state index in [-0.39, 0.29) is 11.1 Å². The van der Waals surface area contributed by atoms with Crippen molar-refractivity contribution < 1.29 is 4.39 Å². The molecule has 1 heterocycles. The predicted octanol–water partition coefficient (Wildman–Crippen LogP) is 5.66. The maximum absolute atomic E-state index is 14.2. The topological polar surface area (TPSA) is 12.0 Å². The molecular weight excluding hydrogens is 372 g/mol. The van der Waals surface area contributed by atoms with Gasteiger partial charge in [-0.05, 0) is 34.6 Å². The number of hydrogen-bond donors (Lipinski definition) is 1. The number of hydrogen-bond acceptors (Lipinski definition) is 2. The molecule has 102 valence electrons. The Morgan fingerprint density at radius 2 is 2.16 bits per heavy atom. The molecule has 0 aliphatic carbocycles. The van der Waals surface area contributed by atoms with Crippen molar-refractivity contribution in [2.75, 3.05) is 6.54 Å². The Labute approximate surface area is 133 Å². The highest BCUT2D eigenvalue weighted by atomic mass is 79.9. The fraction of sp³-hybridized carbons (Fsp3) is 0.231. The summed E-state index contributed by atoms with van der Waals surface area (Å²) in [5.41, 5.74) is 0.528. The van der Waals surface area contributed by atoms with Gasteiger partial charge >= 0.3 is 0 Å². The van der Waals surface area contributed by atoms with Crippen molar-refractivity contribution in [2.45, 2.75) is 13.0 Å². The van der Waals surface area contributed by atoms with E-state index in [1.807, 2.05) is 13.0 Å². The van der Waals surface area contributed by atoms with Crippen LogP contribution in [0.1, 0.15) is 23.4 Å². The van der Waals surface area contributed by atoms with Crippen molar-refractivity contribution in [3.8, 4) is 0 Å². The van der Waals surface area contributed by atoms with Gasteiger partial charge in [0.05, 0.1) is 11.1 Å². The lowest BCUT2D eigenvalue weighted by molar-refractivity contribution is 0.563. The predicted molar refractivity (Wildman–Crippen MR) is 84.0 cm³/mol. The van der Waals surface area contributed by atoms with Crippen LogP contribution in [-0.2, 0) is 0 Å². The first-order valence-electron chi connectivity index (χ1n) is 5.66. The molecule has 0 fully saturated rings. The first-order chi connectivity index (χ1) is 9.04. The third-order valence-corrected chi connectivity index (χ3v) is 5.48. The molecule has 0 radical (unpaired) electrons. The summed E-state index contributed by atoms with van der Waals surface area (Å²) in [5.74, 6) is -0.393. The SMILES string of the molecule is CCNC(c1cc(Br)c(Cl)s1)c1cccc(Cl)c1F. The van der Waals surface area contributed by atoms with E-state index in [0.29, 0.717) is 16.4 Å². The summed E-state index contributed by atoms with van der Waals surface area (Å²) >= 11 is 16.7.